The molecule has 2 atom stereocenters. The van der Waals surface area contributed by atoms with Gasteiger partial charge in [0.1, 0.15) is 6.10 Å². The molecular formula is C27H23N3O2S. The summed E-state index contributed by atoms with van der Waals surface area (Å²) in [5.74, 6) is 6.32. The maximum absolute atomic E-state index is 6.03. The van der Waals surface area contributed by atoms with Gasteiger partial charge >= 0.3 is 0 Å². The topological polar surface area (TPSA) is 70.3 Å². The number of thiazole rings is 1. The van der Waals surface area contributed by atoms with Crippen LogP contribution in [0.15, 0.2) is 96.8 Å². The Bertz CT molecular complexity index is 1350. The lowest BCUT2D eigenvalue weighted by atomic mass is 9.82. The summed E-state index contributed by atoms with van der Waals surface area (Å²) in [7, 11) is 1.64. The van der Waals surface area contributed by atoms with Crippen molar-refractivity contribution in [1.29, 1.82) is 0 Å². The van der Waals surface area contributed by atoms with E-state index in [4.69, 9.17) is 15.5 Å². The maximum Gasteiger partial charge on any atom is 0.216 e. The summed E-state index contributed by atoms with van der Waals surface area (Å²) in [6, 6.07) is 26.8. The van der Waals surface area contributed by atoms with E-state index in [9.17, 15) is 0 Å². The van der Waals surface area contributed by atoms with Gasteiger partial charge in [0.15, 0.2) is 0 Å². The molecule has 0 bridgehead atoms. The zero-order chi connectivity index (χ0) is 22.6. The van der Waals surface area contributed by atoms with Crippen LogP contribution >= 0.6 is 11.3 Å². The largest absolute Gasteiger partial charge is 0.481 e. The molecule has 0 amide bonds. The Morgan fingerprint density at radius 2 is 1.67 bits per heavy atom. The molecule has 5 rings (SSSR count). The number of nitrogens with zero attached hydrogens (tertiary/aromatic N) is 2. The van der Waals surface area contributed by atoms with Crippen molar-refractivity contribution in [3.8, 4) is 16.3 Å². The molecular weight excluding hydrogens is 430 g/mol. The van der Waals surface area contributed by atoms with Gasteiger partial charge in [0.2, 0.25) is 5.88 Å². The van der Waals surface area contributed by atoms with E-state index in [-0.39, 0.29) is 5.92 Å². The van der Waals surface area contributed by atoms with Gasteiger partial charge in [-0.05, 0) is 28.0 Å². The van der Waals surface area contributed by atoms with Gasteiger partial charge in [-0.3, -0.25) is 9.82 Å². The third-order valence-electron chi connectivity index (χ3n) is 5.86. The Morgan fingerprint density at radius 1 is 0.879 bits per heavy atom. The van der Waals surface area contributed by atoms with Crippen molar-refractivity contribution in [2.24, 2.45) is 5.90 Å². The van der Waals surface area contributed by atoms with E-state index in [2.05, 4.69) is 52.4 Å². The van der Waals surface area contributed by atoms with Gasteiger partial charge in [-0.25, -0.2) is 10.9 Å². The van der Waals surface area contributed by atoms with Crippen LogP contribution in [0.2, 0.25) is 0 Å². The SMILES string of the molecule is COc1ncc(-c2cncs2)cc1C(c1ccccc1)C(ON)c1cccc2ccccc12. The summed E-state index contributed by atoms with van der Waals surface area (Å²) >= 11 is 1.57. The highest BCUT2D eigenvalue weighted by Crippen LogP contribution is 2.44. The van der Waals surface area contributed by atoms with Crippen molar-refractivity contribution in [3.63, 3.8) is 0 Å². The van der Waals surface area contributed by atoms with Gasteiger partial charge in [0.25, 0.3) is 0 Å². The fourth-order valence-electron chi connectivity index (χ4n) is 4.36. The van der Waals surface area contributed by atoms with Gasteiger partial charge in [-0.2, -0.15) is 0 Å². The van der Waals surface area contributed by atoms with E-state index in [0.29, 0.717) is 5.88 Å². The van der Waals surface area contributed by atoms with Crippen LogP contribution in [0.4, 0.5) is 0 Å². The first-order valence-electron chi connectivity index (χ1n) is 10.6. The zero-order valence-electron chi connectivity index (χ0n) is 18.1. The average Bonchev–Trinajstić information content (AvgIpc) is 3.42. The minimum atomic E-state index is -0.467. The van der Waals surface area contributed by atoms with Crippen molar-refractivity contribution in [3.05, 3.63) is 113 Å². The molecule has 0 aliphatic rings. The Kier molecular flexibility index (Phi) is 6.13. The van der Waals surface area contributed by atoms with Crippen LogP contribution in [-0.4, -0.2) is 17.1 Å². The quantitative estimate of drug-likeness (QED) is 0.300. The second-order valence-electron chi connectivity index (χ2n) is 7.70. The van der Waals surface area contributed by atoms with Crippen LogP contribution in [0.5, 0.6) is 5.88 Å². The molecule has 0 spiro atoms. The van der Waals surface area contributed by atoms with E-state index in [0.717, 1.165) is 37.9 Å². The Balaban J connectivity index is 1.74. The number of benzene rings is 3. The Hall–Kier alpha value is -3.58. The number of nitrogens with two attached hydrogens (primary N) is 1. The number of methoxy groups -OCH3 is 1. The third-order valence-corrected chi connectivity index (χ3v) is 6.68. The molecule has 0 saturated carbocycles. The van der Waals surface area contributed by atoms with Gasteiger partial charge in [-0.1, -0.05) is 72.8 Å². The number of fused-ring (bicyclic) bond motifs is 1. The molecule has 5 nitrogen and oxygen atoms in total. The maximum atomic E-state index is 6.03. The zero-order valence-corrected chi connectivity index (χ0v) is 18.9. The molecule has 2 N–H and O–H groups in total. The molecule has 0 fully saturated rings. The van der Waals surface area contributed by atoms with E-state index in [1.807, 2.05) is 54.3 Å². The van der Waals surface area contributed by atoms with E-state index >= 15 is 0 Å². The number of hydrogen-bond donors (Lipinski definition) is 1. The predicted molar refractivity (Wildman–Crippen MR) is 132 cm³/mol. The molecule has 33 heavy (non-hydrogen) atoms. The molecule has 164 valence electrons. The lowest BCUT2D eigenvalue weighted by Gasteiger charge is -2.28. The predicted octanol–water partition coefficient (Wildman–Crippen LogP) is 6.13. The molecule has 6 heteroatoms. The Labute approximate surface area is 196 Å². The summed E-state index contributed by atoms with van der Waals surface area (Å²) in [6.07, 6.45) is 3.19. The van der Waals surface area contributed by atoms with Gasteiger partial charge < -0.3 is 4.74 Å². The second kappa shape index (κ2) is 9.50. The van der Waals surface area contributed by atoms with Crippen LogP contribution in [0, 0.1) is 0 Å². The summed E-state index contributed by atoms with van der Waals surface area (Å²) in [6.45, 7) is 0. The average molecular weight is 454 g/mol. The molecule has 0 aliphatic carbocycles. The number of hydrogen-bond acceptors (Lipinski definition) is 6. The van der Waals surface area contributed by atoms with Crippen LogP contribution in [-0.2, 0) is 4.84 Å². The second-order valence-corrected chi connectivity index (χ2v) is 8.59. The molecule has 2 unspecified atom stereocenters. The van der Waals surface area contributed by atoms with E-state index < -0.39 is 6.10 Å². The number of pyridine rings is 1. The van der Waals surface area contributed by atoms with Gasteiger partial charge in [0, 0.05) is 29.4 Å². The molecule has 5 aromatic rings. The molecule has 2 aromatic heterocycles. The van der Waals surface area contributed by atoms with Crippen molar-refractivity contribution in [1.82, 2.24) is 9.97 Å². The van der Waals surface area contributed by atoms with Gasteiger partial charge in [0.05, 0.1) is 17.5 Å². The van der Waals surface area contributed by atoms with Gasteiger partial charge in [-0.15, -0.1) is 11.3 Å². The Morgan fingerprint density at radius 3 is 2.42 bits per heavy atom. The number of aromatic nitrogens is 2. The summed E-state index contributed by atoms with van der Waals surface area (Å²) in [4.78, 5) is 15.6. The standard InChI is InChI=1S/C27H23N3O2S/c1-31-27-23(14-20(15-30-27)24-16-29-17-33-24)25(19-9-3-2-4-10-19)26(32-28)22-13-7-11-18-8-5-6-12-21(18)22/h2-17,25-26H,28H2,1H3. The minimum absolute atomic E-state index is 0.252. The number of ether oxygens (including phenoxy) is 1. The monoisotopic (exact) mass is 453 g/mol. The van der Waals surface area contributed by atoms with Crippen molar-refractivity contribution >= 4 is 22.1 Å². The highest BCUT2D eigenvalue weighted by atomic mass is 32.1. The first-order valence-corrected chi connectivity index (χ1v) is 11.5. The highest BCUT2D eigenvalue weighted by molar-refractivity contribution is 7.13. The lowest BCUT2D eigenvalue weighted by molar-refractivity contribution is 0.0413. The first kappa shape index (κ1) is 21.3. The van der Waals surface area contributed by atoms with Crippen LogP contribution in [0.1, 0.15) is 28.7 Å². The normalized spacial score (nSPS) is 13.0. The molecule has 0 saturated heterocycles. The minimum Gasteiger partial charge on any atom is -0.481 e. The van der Waals surface area contributed by atoms with Crippen molar-refractivity contribution in [2.75, 3.05) is 7.11 Å². The summed E-state index contributed by atoms with van der Waals surface area (Å²) in [5, 5.41) is 2.23. The van der Waals surface area contributed by atoms with E-state index in [1.165, 1.54) is 0 Å². The molecule has 0 aliphatic heterocycles. The fraction of sp³-hybridized carbons (Fsp3) is 0.111. The van der Waals surface area contributed by atoms with Crippen LogP contribution in [0.25, 0.3) is 21.2 Å². The number of rotatable bonds is 7. The lowest BCUT2D eigenvalue weighted by Crippen LogP contribution is -2.20. The van der Waals surface area contributed by atoms with E-state index in [1.54, 1.807) is 18.4 Å². The fourth-order valence-corrected chi connectivity index (χ4v) is 4.97. The molecule has 2 heterocycles. The molecule has 3 aromatic carbocycles. The van der Waals surface area contributed by atoms with Crippen LogP contribution in [0.3, 0.4) is 0 Å². The van der Waals surface area contributed by atoms with Crippen molar-refractivity contribution < 1.29 is 9.57 Å². The summed E-state index contributed by atoms with van der Waals surface area (Å²) < 4.78 is 5.72. The molecule has 0 radical (unpaired) electrons. The highest BCUT2D eigenvalue weighted by Gasteiger charge is 2.31. The summed E-state index contributed by atoms with van der Waals surface area (Å²) in [5.41, 5.74) is 5.76. The first-order chi connectivity index (χ1) is 16.3. The third kappa shape index (κ3) is 4.12. The van der Waals surface area contributed by atoms with Crippen LogP contribution < -0.4 is 10.6 Å². The smallest absolute Gasteiger partial charge is 0.216 e. The van der Waals surface area contributed by atoms with Crippen molar-refractivity contribution in [2.45, 2.75) is 12.0 Å².